The van der Waals surface area contributed by atoms with E-state index < -0.39 is 5.82 Å². The van der Waals surface area contributed by atoms with Gasteiger partial charge in [-0.2, -0.15) is 0 Å². The number of ether oxygens (including phenoxy) is 2. The summed E-state index contributed by atoms with van der Waals surface area (Å²) in [6, 6.07) is 2.60. The molecule has 0 fully saturated rings. The zero-order valence-corrected chi connectivity index (χ0v) is 8.66. The van der Waals surface area contributed by atoms with Gasteiger partial charge in [0, 0.05) is 12.0 Å². The first kappa shape index (κ1) is 10.9. The van der Waals surface area contributed by atoms with Gasteiger partial charge in [-0.15, -0.1) is 0 Å². The Labute approximate surface area is 92.1 Å². The van der Waals surface area contributed by atoms with E-state index in [1.165, 1.54) is 6.07 Å². The second-order valence-corrected chi connectivity index (χ2v) is 3.46. The van der Waals surface area contributed by atoms with Crippen LogP contribution in [0.25, 0.3) is 0 Å². The Hall–Kier alpha value is -1.62. The van der Waals surface area contributed by atoms with Gasteiger partial charge in [-0.1, -0.05) is 0 Å². The summed E-state index contributed by atoms with van der Waals surface area (Å²) in [5, 5.41) is 0. The maximum Gasteiger partial charge on any atom is 0.197 e. The topological polar surface area (TPSA) is 61.6 Å². The van der Waals surface area contributed by atoms with Gasteiger partial charge in [-0.25, -0.2) is 4.39 Å². The molecular formula is C11H12FNO3. The molecule has 16 heavy (non-hydrogen) atoms. The highest BCUT2D eigenvalue weighted by Gasteiger charge is 2.18. The summed E-state index contributed by atoms with van der Waals surface area (Å²) in [5.74, 6) is -0.564. The molecule has 0 aromatic heterocycles. The van der Waals surface area contributed by atoms with E-state index in [4.69, 9.17) is 15.2 Å². The maximum absolute atomic E-state index is 13.6. The number of carbonyl (C=O) groups excluding carboxylic acids is 1. The molecule has 0 radical (unpaired) electrons. The zero-order chi connectivity index (χ0) is 11.5. The van der Waals surface area contributed by atoms with Crippen LogP contribution in [0.3, 0.4) is 0 Å². The standard InChI is InChI=1S/C11H12FNO3/c12-8-4-7(9(14)6-13)5-10-11(8)16-3-1-2-15-10/h4-5H,1-3,6,13H2. The summed E-state index contributed by atoms with van der Waals surface area (Å²) >= 11 is 0. The number of hydrogen-bond acceptors (Lipinski definition) is 4. The van der Waals surface area contributed by atoms with E-state index in [2.05, 4.69) is 0 Å². The van der Waals surface area contributed by atoms with E-state index in [0.717, 1.165) is 6.07 Å². The van der Waals surface area contributed by atoms with E-state index in [9.17, 15) is 9.18 Å². The Bertz CT molecular complexity index is 420. The normalized spacial score (nSPS) is 14.4. The minimum absolute atomic E-state index is 0.0751. The van der Waals surface area contributed by atoms with Crippen LogP contribution in [-0.4, -0.2) is 25.5 Å². The lowest BCUT2D eigenvalue weighted by Gasteiger charge is -2.09. The third kappa shape index (κ3) is 1.99. The van der Waals surface area contributed by atoms with Gasteiger partial charge in [0.2, 0.25) is 0 Å². The van der Waals surface area contributed by atoms with E-state index in [-0.39, 0.29) is 29.4 Å². The molecule has 5 heteroatoms. The van der Waals surface area contributed by atoms with Crippen molar-refractivity contribution < 1.29 is 18.7 Å². The summed E-state index contributed by atoms with van der Waals surface area (Å²) in [4.78, 5) is 11.3. The second kappa shape index (κ2) is 4.49. The zero-order valence-electron chi connectivity index (χ0n) is 8.66. The number of ketones is 1. The van der Waals surface area contributed by atoms with Gasteiger partial charge in [0.05, 0.1) is 19.8 Å². The van der Waals surface area contributed by atoms with E-state index in [0.29, 0.717) is 19.6 Å². The highest BCUT2D eigenvalue weighted by molar-refractivity contribution is 5.98. The van der Waals surface area contributed by atoms with Crippen molar-refractivity contribution in [3.05, 3.63) is 23.5 Å². The lowest BCUT2D eigenvalue weighted by molar-refractivity contribution is 0.100. The molecule has 1 aromatic rings. The molecule has 86 valence electrons. The average molecular weight is 225 g/mol. The van der Waals surface area contributed by atoms with Crippen molar-refractivity contribution in [2.45, 2.75) is 6.42 Å². The van der Waals surface area contributed by atoms with E-state index in [1.54, 1.807) is 0 Å². The van der Waals surface area contributed by atoms with E-state index in [1.807, 2.05) is 0 Å². The molecule has 1 heterocycles. The number of Topliss-reactive ketones (excluding diaryl/α,β-unsaturated/α-hetero) is 1. The molecule has 0 saturated carbocycles. The van der Waals surface area contributed by atoms with Crippen LogP contribution in [0.4, 0.5) is 4.39 Å². The largest absolute Gasteiger partial charge is 0.489 e. The fourth-order valence-electron chi connectivity index (χ4n) is 1.51. The highest BCUT2D eigenvalue weighted by Crippen LogP contribution is 2.33. The number of benzene rings is 1. The molecule has 0 unspecified atom stereocenters. The van der Waals surface area contributed by atoms with Crippen molar-refractivity contribution in [3.8, 4) is 11.5 Å². The first-order chi connectivity index (χ1) is 7.72. The Balaban J connectivity index is 2.43. The third-order valence-electron chi connectivity index (χ3n) is 2.31. The van der Waals surface area contributed by atoms with Crippen molar-refractivity contribution in [2.75, 3.05) is 19.8 Å². The smallest absolute Gasteiger partial charge is 0.197 e. The minimum Gasteiger partial charge on any atom is -0.489 e. The van der Waals surface area contributed by atoms with Gasteiger partial charge in [0.15, 0.2) is 23.1 Å². The molecule has 4 nitrogen and oxygen atoms in total. The molecule has 0 spiro atoms. The minimum atomic E-state index is -0.587. The average Bonchev–Trinajstić information content (AvgIpc) is 2.53. The van der Waals surface area contributed by atoms with Crippen LogP contribution >= 0.6 is 0 Å². The number of halogens is 1. The van der Waals surface area contributed by atoms with Crippen LogP contribution in [0, 0.1) is 5.82 Å². The van der Waals surface area contributed by atoms with Crippen molar-refractivity contribution in [1.29, 1.82) is 0 Å². The molecular weight excluding hydrogens is 213 g/mol. The van der Waals surface area contributed by atoms with Crippen LogP contribution in [-0.2, 0) is 0 Å². The number of nitrogens with two attached hydrogens (primary N) is 1. The Morgan fingerprint density at radius 3 is 2.88 bits per heavy atom. The van der Waals surface area contributed by atoms with Crippen molar-refractivity contribution in [3.63, 3.8) is 0 Å². The first-order valence-electron chi connectivity index (χ1n) is 5.05. The monoisotopic (exact) mass is 225 g/mol. The Morgan fingerprint density at radius 1 is 1.38 bits per heavy atom. The lowest BCUT2D eigenvalue weighted by Crippen LogP contribution is -2.14. The fourth-order valence-corrected chi connectivity index (χ4v) is 1.51. The van der Waals surface area contributed by atoms with Crippen molar-refractivity contribution in [2.24, 2.45) is 5.73 Å². The van der Waals surface area contributed by atoms with Crippen LogP contribution in [0.2, 0.25) is 0 Å². The van der Waals surface area contributed by atoms with Gasteiger partial charge < -0.3 is 15.2 Å². The predicted molar refractivity (Wildman–Crippen MR) is 55.4 cm³/mol. The summed E-state index contributed by atoms with van der Waals surface area (Å²) in [6.45, 7) is 0.708. The van der Waals surface area contributed by atoms with Crippen LogP contribution in [0.5, 0.6) is 11.5 Å². The third-order valence-corrected chi connectivity index (χ3v) is 2.31. The Morgan fingerprint density at radius 2 is 2.12 bits per heavy atom. The molecule has 1 aliphatic heterocycles. The van der Waals surface area contributed by atoms with Gasteiger partial charge in [0.1, 0.15) is 0 Å². The summed E-state index contributed by atoms with van der Waals surface area (Å²) in [6.07, 6.45) is 0.689. The second-order valence-electron chi connectivity index (χ2n) is 3.46. The predicted octanol–water partition coefficient (Wildman–Crippen LogP) is 1.13. The van der Waals surface area contributed by atoms with Gasteiger partial charge >= 0.3 is 0 Å². The molecule has 2 N–H and O–H groups in total. The summed E-state index contributed by atoms with van der Waals surface area (Å²) in [5.41, 5.74) is 5.43. The Kier molecular flexibility index (Phi) is 3.05. The molecule has 0 atom stereocenters. The van der Waals surface area contributed by atoms with Crippen LogP contribution in [0.15, 0.2) is 12.1 Å². The SMILES string of the molecule is NCC(=O)c1cc(F)c2c(c1)OCCCO2. The van der Waals surface area contributed by atoms with Gasteiger partial charge in [-0.05, 0) is 12.1 Å². The molecule has 1 aromatic carbocycles. The van der Waals surface area contributed by atoms with E-state index >= 15 is 0 Å². The molecule has 0 saturated heterocycles. The highest BCUT2D eigenvalue weighted by atomic mass is 19.1. The quantitative estimate of drug-likeness (QED) is 0.766. The lowest BCUT2D eigenvalue weighted by atomic mass is 10.1. The molecule has 2 rings (SSSR count). The van der Waals surface area contributed by atoms with Crippen molar-refractivity contribution in [1.82, 2.24) is 0 Å². The number of hydrogen-bond donors (Lipinski definition) is 1. The molecule has 0 bridgehead atoms. The maximum atomic E-state index is 13.6. The van der Waals surface area contributed by atoms with Gasteiger partial charge in [0.25, 0.3) is 0 Å². The number of rotatable bonds is 2. The molecule has 0 aliphatic carbocycles. The van der Waals surface area contributed by atoms with Crippen LogP contribution in [0.1, 0.15) is 16.8 Å². The molecule has 1 aliphatic rings. The number of carbonyl (C=O) groups is 1. The summed E-state index contributed by atoms with van der Waals surface area (Å²) in [7, 11) is 0. The van der Waals surface area contributed by atoms with Crippen molar-refractivity contribution >= 4 is 5.78 Å². The first-order valence-corrected chi connectivity index (χ1v) is 5.05. The summed E-state index contributed by atoms with van der Waals surface area (Å²) < 4.78 is 24.1. The van der Waals surface area contributed by atoms with Crippen LogP contribution < -0.4 is 15.2 Å². The fraction of sp³-hybridized carbons (Fsp3) is 0.364. The molecule has 0 amide bonds. The van der Waals surface area contributed by atoms with Gasteiger partial charge in [-0.3, -0.25) is 4.79 Å². The number of fused-ring (bicyclic) bond motifs is 1.